The number of hydrogen-bond acceptors (Lipinski definition) is 5. The van der Waals surface area contributed by atoms with Gasteiger partial charge in [0.2, 0.25) is 5.91 Å². The van der Waals surface area contributed by atoms with Gasteiger partial charge in [-0.3, -0.25) is 14.4 Å². The van der Waals surface area contributed by atoms with Crippen molar-refractivity contribution in [3.63, 3.8) is 0 Å². The van der Waals surface area contributed by atoms with Crippen LogP contribution in [-0.2, 0) is 17.8 Å². The number of anilines is 1. The lowest BCUT2D eigenvalue weighted by atomic mass is 9.84. The number of aryl methyl sites for hydroxylation is 1. The molecule has 0 saturated carbocycles. The van der Waals surface area contributed by atoms with Gasteiger partial charge in [0, 0.05) is 43.5 Å². The smallest absolute Gasteiger partial charge is 0.250 e. The minimum atomic E-state index is -0.663. The van der Waals surface area contributed by atoms with Crippen LogP contribution in [0.3, 0.4) is 0 Å². The number of carbonyl (C=O) groups is 1. The fourth-order valence-electron chi connectivity index (χ4n) is 7.74. The maximum atomic E-state index is 14.3. The molecule has 1 amide bonds. The highest BCUT2D eigenvalue weighted by atomic mass is 19.1. The number of carbonyl (C=O) groups excluding carboxylic acids is 1. The molecule has 0 N–H and O–H groups in total. The molecule has 0 unspecified atom stereocenters. The van der Waals surface area contributed by atoms with Crippen molar-refractivity contribution in [1.82, 2.24) is 24.8 Å². The third-order valence-corrected chi connectivity index (χ3v) is 9.99. The molecule has 0 bridgehead atoms. The van der Waals surface area contributed by atoms with Crippen LogP contribution in [0.2, 0.25) is 0 Å². The molecule has 4 aromatic carbocycles. The molecule has 5 aromatic rings. The highest BCUT2D eigenvalue weighted by molar-refractivity contribution is 5.94. The first-order chi connectivity index (χ1) is 22.0. The summed E-state index contributed by atoms with van der Waals surface area (Å²) >= 11 is 0. The van der Waals surface area contributed by atoms with E-state index in [1.165, 1.54) is 46.2 Å². The van der Waals surface area contributed by atoms with E-state index >= 15 is 0 Å². The zero-order chi connectivity index (χ0) is 30.5. The van der Waals surface area contributed by atoms with E-state index in [0.29, 0.717) is 56.3 Å². The Morgan fingerprint density at radius 1 is 0.867 bits per heavy atom. The lowest BCUT2D eigenvalue weighted by molar-refractivity contribution is -0.133. The van der Waals surface area contributed by atoms with E-state index in [1.807, 2.05) is 11.1 Å². The Labute approximate surface area is 260 Å². The van der Waals surface area contributed by atoms with Crippen LogP contribution in [0.4, 0.5) is 14.5 Å². The molecule has 1 atom stereocenters. The lowest BCUT2D eigenvalue weighted by Crippen LogP contribution is -2.57. The minimum Gasteiger partial charge on any atom is -0.339 e. The summed E-state index contributed by atoms with van der Waals surface area (Å²) in [6, 6.07) is 26.3. The normalized spacial score (nSPS) is 19.3. The highest BCUT2D eigenvalue weighted by Crippen LogP contribution is 2.45. The van der Waals surface area contributed by atoms with Crippen molar-refractivity contribution in [3.8, 4) is 11.3 Å². The molecule has 9 heteroatoms. The van der Waals surface area contributed by atoms with Crippen molar-refractivity contribution in [1.29, 1.82) is 0 Å². The Hall–Kier alpha value is -4.63. The molecule has 2 aliphatic heterocycles. The monoisotopic (exact) mass is 604 g/mol. The first kappa shape index (κ1) is 27.9. The Morgan fingerprint density at radius 2 is 1.64 bits per heavy atom. The second kappa shape index (κ2) is 11.1. The van der Waals surface area contributed by atoms with Gasteiger partial charge in [-0.25, -0.2) is 8.78 Å². The summed E-state index contributed by atoms with van der Waals surface area (Å²) in [5.41, 5.74) is 4.29. The van der Waals surface area contributed by atoms with E-state index in [2.05, 4.69) is 56.5 Å². The SMILES string of the molecule is O=C1N(CCCn2cc(-c3cccc(F)c3)nn2)CN(c2ccc(F)cc2)C12CCN([C@H]1Cc3cccc4cccc1c34)CC2. The van der Waals surface area contributed by atoms with Crippen LogP contribution in [0.15, 0.2) is 91.1 Å². The summed E-state index contributed by atoms with van der Waals surface area (Å²) in [7, 11) is 0. The Kier molecular flexibility index (Phi) is 6.86. The molecule has 7 nitrogen and oxygen atoms in total. The maximum Gasteiger partial charge on any atom is 0.250 e. The number of likely N-dealkylation sites (tertiary alicyclic amines) is 1. The van der Waals surface area contributed by atoms with Crippen molar-refractivity contribution in [2.45, 2.75) is 43.8 Å². The van der Waals surface area contributed by atoms with Gasteiger partial charge in [-0.15, -0.1) is 5.10 Å². The average molecular weight is 605 g/mol. The Balaban J connectivity index is 0.984. The first-order valence-corrected chi connectivity index (χ1v) is 15.7. The zero-order valence-electron chi connectivity index (χ0n) is 24.9. The summed E-state index contributed by atoms with van der Waals surface area (Å²) in [4.78, 5) is 21.0. The molecule has 0 radical (unpaired) electrons. The molecule has 8 rings (SSSR count). The van der Waals surface area contributed by atoms with Gasteiger partial charge < -0.3 is 9.80 Å². The van der Waals surface area contributed by atoms with Gasteiger partial charge in [-0.1, -0.05) is 53.7 Å². The second-order valence-electron chi connectivity index (χ2n) is 12.5. The lowest BCUT2D eigenvalue weighted by Gasteiger charge is -2.45. The number of benzene rings is 4. The van der Waals surface area contributed by atoms with Gasteiger partial charge in [-0.2, -0.15) is 0 Å². The van der Waals surface area contributed by atoms with Crippen molar-refractivity contribution in [2.24, 2.45) is 0 Å². The molecule has 45 heavy (non-hydrogen) atoms. The number of amides is 1. The highest BCUT2D eigenvalue weighted by Gasteiger charge is 2.54. The fraction of sp³-hybridized carbons (Fsp3) is 0.306. The van der Waals surface area contributed by atoms with E-state index in [1.54, 1.807) is 28.9 Å². The average Bonchev–Trinajstić information content (AvgIpc) is 3.76. The molecule has 2 fully saturated rings. The van der Waals surface area contributed by atoms with Crippen LogP contribution in [-0.4, -0.2) is 62.5 Å². The van der Waals surface area contributed by atoms with Crippen LogP contribution in [0.5, 0.6) is 0 Å². The van der Waals surface area contributed by atoms with Crippen LogP contribution in [0.1, 0.15) is 36.4 Å². The van der Waals surface area contributed by atoms with E-state index in [0.717, 1.165) is 25.2 Å². The Bertz CT molecular complexity index is 1880. The summed E-state index contributed by atoms with van der Waals surface area (Å²) in [6.45, 7) is 3.24. The predicted octanol–water partition coefficient (Wildman–Crippen LogP) is 6.20. The number of halogens is 2. The first-order valence-electron chi connectivity index (χ1n) is 15.7. The van der Waals surface area contributed by atoms with Crippen LogP contribution in [0.25, 0.3) is 22.0 Å². The molecular formula is C36H34F2N6O. The number of aromatic nitrogens is 3. The maximum absolute atomic E-state index is 14.3. The quantitative estimate of drug-likeness (QED) is 0.221. The Morgan fingerprint density at radius 3 is 2.44 bits per heavy atom. The second-order valence-corrected chi connectivity index (χ2v) is 12.5. The van der Waals surface area contributed by atoms with E-state index in [-0.39, 0.29) is 17.5 Å². The third-order valence-electron chi connectivity index (χ3n) is 9.99. The summed E-state index contributed by atoms with van der Waals surface area (Å²) in [6.07, 6.45) is 4.92. The van der Waals surface area contributed by atoms with Gasteiger partial charge in [-0.05, 0) is 84.0 Å². The van der Waals surface area contributed by atoms with Gasteiger partial charge >= 0.3 is 0 Å². The molecule has 1 aromatic heterocycles. The third kappa shape index (κ3) is 4.86. The minimum absolute atomic E-state index is 0.141. The summed E-state index contributed by atoms with van der Waals surface area (Å²) in [5.74, 6) is -0.460. The number of nitrogens with zero attached hydrogens (tertiary/aromatic N) is 6. The number of piperidine rings is 1. The molecule has 2 saturated heterocycles. The molecule has 3 aliphatic rings. The molecule has 228 valence electrons. The molecular weight excluding hydrogens is 570 g/mol. The number of hydrogen-bond donors (Lipinski definition) is 0. The van der Waals surface area contributed by atoms with Crippen molar-refractivity contribution in [2.75, 3.05) is 31.2 Å². The van der Waals surface area contributed by atoms with Crippen molar-refractivity contribution >= 4 is 22.4 Å². The fourth-order valence-corrected chi connectivity index (χ4v) is 7.74. The molecule has 3 heterocycles. The van der Waals surface area contributed by atoms with Gasteiger partial charge in [0.25, 0.3) is 0 Å². The topological polar surface area (TPSA) is 57.5 Å². The van der Waals surface area contributed by atoms with Crippen LogP contribution in [0, 0.1) is 11.6 Å². The standard InChI is InChI=1S/C36H34F2N6O/c37-28-11-13-30(14-12-28)44-24-42(17-4-18-43-23-32(39-40-43)26-7-2-9-29(38)21-26)35(45)36(44)15-19-41(20-16-36)33-22-27-8-1-5-25-6-3-10-31(33)34(25)27/h1-3,5-14,21,23,33H,4,15-20,22,24H2/t33-/m0/s1. The number of rotatable bonds is 7. The largest absolute Gasteiger partial charge is 0.339 e. The van der Waals surface area contributed by atoms with E-state index < -0.39 is 5.54 Å². The van der Waals surface area contributed by atoms with E-state index in [9.17, 15) is 13.6 Å². The summed E-state index contributed by atoms with van der Waals surface area (Å²) < 4.78 is 29.3. The van der Waals surface area contributed by atoms with Gasteiger partial charge in [0.15, 0.2) is 0 Å². The van der Waals surface area contributed by atoms with E-state index in [4.69, 9.17) is 0 Å². The van der Waals surface area contributed by atoms with Crippen LogP contribution < -0.4 is 4.90 Å². The van der Waals surface area contributed by atoms with Crippen LogP contribution >= 0.6 is 0 Å². The summed E-state index contributed by atoms with van der Waals surface area (Å²) in [5, 5.41) is 11.1. The zero-order valence-corrected chi connectivity index (χ0v) is 24.9. The van der Waals surface area contributed by atoms with Gasteiger partial charge in [0.05, 0.1) is 12.9 Å². The molecule has 1 aliphatic carbocycles. The van der Waals surface area contributed by atoms with Gasteiger partial charge in [0.1, 0.15) is 22.9 Å². The molecule has 1 spiro atoms. The predicted molar refractivity (Wildman–Crippen MR) is 169 cm³/mol. The van der Waals surface area contributed by atoms with Crippen molar-refractivity contribution < 1.29 is 13.6 Å². The van der Waals surface area contributed by atoms with Crippen molar-refractivity contribution in [3.05, 3.63) is 114 Å².